The van der Waals surface area contributed by atoms with Crippen molar-refractivity contribution >= 4 is 45.7 Å². The quantitative estimate of drug-likeness (QED) is 0.361. The summed E-state index contributed by atoms with van der Waals surface area (Å²) in [4.78, 5) is 10.3. The monoisotopic (exact) mass is 370 g/mol. The minimum atomic E-state index is -0.501. The zero-order chi connectivity index (χ0) is 12.8. The molecule has 0 saturated carbocycles. The van der Waals surface area contributed by atoms with Crippen LogP contribution < -0.4 is 5.32 Å². The van der Waals surface area contributed by atoms with Gasteiger partial charge in [0.1, 0.15) is 11.5 Å². The second kappa shape index (κ2) is 7.00. The van der Waals surface area contributed by atoms with Crippen LogP contribution in [0.15, 0.2) is 12.1 Å². The van der Waals surface area contributed by atoms with Crippen molar-refractivity contribution in [1.82, 2.24) is 0 Å². The van der Waals surface area contributed by atoms with Gasteiger partial charge in [0.15, 0.2) is 0 Å². The Balaban J connectivity index is 2.81. The van der Waals surface area contributed by atoms with Gasteiger partial charge in [-0.05, 0) is 41.0 Å². The minimum Gasteiger partial charge on any atom is -0.379 e. The Morgan fingerprint density at radius 1 is 1.59 bits per heavy atom. The molecule has 94 valence electrons. The molecule has 0 amide bonds. The van der Waals surface area contributed by atoms with Crippen molar-refractivity contribution < 1.29 is 9.31 Å². The number of nitro benzene ring substituents is 1. The third-order valence-corrected chi connectivity index (χ3v) is 3.60. The molecule has 0 saturated heterocycles. The number of hydrogen-bond acceptors (Lipinski definition) is 4. The number of hydrogen-bond donors (Lipinski definition) is 1. The second-order valence-corrected chi connectivity index (χ2v) is 5.46. The van der Waals surface area contributed by atoms with Gasteiger partial charge in [0.25, 0.3) is 5.69 Å². The highest BCUT2D eigenvalue weighted by atomic mass is 127. The molecular formula is C10H12FIN2O2S. The first-order valence-corrected chi connectivity index (χ1v) is 7.39. The van der Waals surface area contributed by atoms with E-state index in [2.05, 4.69) is 5.32 Å². The van der Waals surface area contributed by atoms with Crippen molar-refractivity contribution in [2.45, 2.75) is 6.42 Å². The van der Waals surface area contributed by atoms with E-state index < -0.39 is 10.7 Å². The smallest absolute Gasteiger partial charge is 0.293 e. The highest BCUT2D eigenvalue weighted by Crippen LogP contribution is 2.28. The zero-order valence-electron chi connectivity index (χ0n) is 9.20. The first-order chi connectivity index (χ1) is 8.06. The first kappa shape index (κ1) is 14.5. The van der Waals surface area contributed by atoms with Gasteiger partial charge in [0.05, 0.1) is 8.49 Å². The fourth-order valence-electron chi connectivity index (χ4n) is 1.27. The van der Waals surface area contributed by atoms with Crippen LogP contribution in [0.3, 0.4) is 0 Å². The second-order valence-electron chi connectivity index (χ2n) is 3.31. The van der Waals surface area contributed by atoms with Crippen molar-refractivity contribution in [3.05, 3.63) is 31.6 Å². The number of nitrogens with zero attached hydrogens (tertiary/aromatic N) is 1. The van der Waals surface area contributed by atoms with E-state index in [1.807, 2.05) is 6.26 Å². The van der Waals surface area contributed by atoms with Crippen molar-refractivity contribution in [2.24, 2.45) is 0 Å². The van der Waals surface area contributed by atoms with Gasteiger partial charge in [0.2, 0.25) is 0 Å². The summed E-state index contributed by atoms with van der Waals surface area (Å²) in [5.74, 6) is 0.525. The lowest BCUT2D eigenvalue weighted by molar-refractivity contribution is -0.384. The number of anilines is 1. The molecule has 0 atom stereocenters. The number of benzene rings is 1. The average Bonchev–Trinajstić information content (AvgIpc) is 2.28. The molecule has 1 N–H and O–H groups in total. The average molecular weight is 370 g/mol. The Labute approximate surface area is 117 Å². The molecule has 0 bridgehead atoms. The lowest BCUT2D eigenvalue weighted by Crippen LogP contribution is -2.06. The third kappa shape index (κ3) is 4.30. The molecule has 0 unspecified atom stereocenters. The minimum absolute atomic E-state index is 0.0834. The fourth-order valence-corrected chi connectivity index (χ4v) is 2.15. The van der Waals surface area contributed by atoms with Gasteiger partial charge in [0, 0.05) is 18.7 Å². The molecule has 0 radical (unpaired) electrons. The van der Waals surface area contributed by atoms with E-state index in [0.717, 1.165) is 12.2 Å². The lowest BCUT2D eigenvalue weighted by atomic mass is 10.2. The fraction of sp³-hybridized carbons (Fsp3) is 0.400. The lowest BCUT2D eigenvalue weighted by Gasteiger charge is -2.07. The molecule has 0 aliphatic carbocycles. The van der Waals surface area contributed by atoms with Gasteiger partial charge < -0.3 is 5.32 Å². The molecule has 0 aliphatic rings. The Hall–Kier alpha value is -0.570. The molecule has 1 aromatic rings. The van der Waals surface area contributed by atoms with Gasteiger partial charge in [-0.15, -0.1) is 0 Å². The highest BCUT2D eigenvalue weighted by molar-refractivity contribution is 14.1. The number of nitrogens with one attached hydrogen (secondary N) is 1. The highest BCUT2D eigenvalue weighted by Gasteiger charge is 2.16. The van der Waals surface area contributed by atoms with Gasteiger partial charge in [-0.25, -0.2) is 4.39 Å². The Morgan fingerprint density at radius 2 is 2.29 bits per heavy atom. The summed E-state index contributed by atoms with van der Waals surface area (Å²) in [5, 5.41) is 13.7. The van der Waals surface area contributed by atoms with Gasteiger partial charge in [-0.1, -0.05) is 0 Å². The topological polar surface area (TPSA) is 55.2 Å². The van der Waals surface area contributed by atoms with E-state index in [1.165, 1.54) is 12.1 Å². The van der Waals surface area contributed by atoms with Crippen LogP contribution in [-0.4, -0.2) is 23.5 Å². The van der Waals surface area contributed by atoms with Crippen molar-refractivity contribution in [1.29, 1.82) is 0 Å². The van der Waals surface area contributed by atoms with Gasteiger partial charge >= 0.3 is 0 Å². The van der Waals surface area contributed by atoms with Gasteiger partial charge in [-0.2, -0.15) is 11.8 Å². The first-order valence-electron chi connectivity index (χ1n) is 4.92. The van der Waals surface area contributed by atoms with Crippen LogP contribution in [0.1, 0.15) is 6.42 Å². The standard InChI is InChI=1S/C10H12FIN2O2S/c1-17-4-2-3-13-9-5-7(11)8(12)6-10(9)14(15)16/h5-6,13H,2-4H2,1H3. The predicted octanol–water partition coefficient (Wildman–Crippen LogP) is 3.50. The van der Waals surface area contributed by atoms with Crippen molar-refractivity contribution in [3.8, 4) is 0 Å². The molecule has 1 aromatic carbocycles. The largest absolute Gasteiger partial charge is 0.379 e. The molecule has 7 heteroatoms. The zero-order valence-corrected chi connectivity index (χ0v) is 12.2. The maximum absolute atomic E-state index is 13.3. The maximum Gasteiger partial charge on any atom is 0.293 e. The van der Waals surface area contributed by atoms with E-state index in [1.54, 1.807) is 34.4 Å². The van der Waals surface area contributed by atoms with Crippen LogP contribution in [0.25, 0.3) is 0 Å². The van der Waals surface area contributed by atoms with Crippen LogP contribution in [0.5, 0.6) is 0 Å². The van der Waals surface area contributed by atoms with Crippen LogP contribution in [-0.2, 0) is 0 Å². The van der Waals surface area contributed by atoms with Crippen LogP contribution in [0.4, 0.5) is 15.8 Å². The molecule has 1 rings (SSSR count). The predicted molar refractivity (Wildman–Crippen MR) is 77.3 cm³/mol. The summed E-state index contributed by atoms with van der Waals surface area (Å²) >= 11 is 3.44. The molecule has 0 aromatic heterocycles. The number of rotatable bonds is 6. The molecular weight excluding hydrogens is 358 g/mol. The van der Waals surface area contributed by atoms with Gasteiger partial charge in [-0.3, -0.25) is 10.1 Å². The van der Waals surface area contributed by atoms with E-state index in [4.69, 9.17) is 0 Å². The van der Waals surface area contributed by atoms with Crippen LogP contribution in [0, 0.1) is 19.5 Å². The van der Waals surface area contributed by atoms with E-state index in [0.29, 0.717) is 6.54 Å². The Morgan fingerprint density at radius 3 is 2.88 bits per heavy atom. The summed E-state index contributed by atoms with van der Waals surface area (Å²) in [6.45, 7) is 0.599. The van der Waals surface area contributed by atoms with E-state index in [-0.39, 0.29) is 14.9 Å². The van der Waals surface area contributed by atoms with Crippen molar-refractivity contribution in [3.63, 3.8) is 0 Å². The molecule has 0 heterocycles. The summed E-state index contributed by atoms with van der Waals surface area (Å²) in [5.41, 5.74) is 0.161. The SMILES string of the molecule is CSCCCNc1cc(F)c(I)cc1[N+](=O)[O-]. The normalized spacial score (nSPS) is 10.3. The summed E-state index contributed by atoms with van der Waals surface area (Å²) in [6.07, 6.45) is 2.87. The molecule has 17 heavy (non-hydrogen) atoms. The number of thioether (sulfide) groups is 1. The maximum atomic E-state index is 13.3. The Kier molecular flexibility index (Phi) is 5.96. The van der Waals surface area contributed by atoms with E-state index in [9.17, 15) is 14.5 Å². The van der Waals surface area contributed by atoms with Crippen LogP contribution >= 0.6 is 34.4 Å². The number of halogens is 2. The Bertz CT molecular complexity index is 418. The summed E-state index contributed by atoms with van der Waals surface area (Å²) in [6, 6.07) is 2.42. The summed E-state index contributed by atoms with van der Waals surface area (Å²) in [7, 11) is 0. The molecule has 0 aliphatic heterocycles. The van der Waals surface area contributed by atoms with Crippen molar-refractivity contribution in [2.75, 3.05) is 23.9 Å². The number of nitro groups is 1. The molecule has 0 spiro atoms. The van der Waals surface area contributed by atoms with E-state index >= 15 is 0 Å². The molecule has 4 nitrogen and oxygen atoms in total. The van der Waals surface area contributed by atoms with Crippen LogP contribution in [0.2, 0.25) is 0 Å². The summed E-state index contributed by atoms with van der Waals surface area (Å²) < 4.78 is 13.6. The third-order valence-electron chi connectivity index (χ3n) is 2.08. The molecule has 0 fully saturated rings.